The summed E-state index contributed by atoms with van der Waals surface area (Å²) >= 11 is 5.77. The maximum atomic E-state index is 13.7. The van der Waals surface area contributed by atoms with Crippen molar-refractivity contribution in [1.82, 2.24) is 14.5 Å². The van der Waals surface area contributed by atoms with Gasteiger partial charge < -0.3 is 4.74 Å². The predicted octanol–water partition coefficient (Wildman–Crippen LogP) is 4.45. The Morgan fingerprint density at radius 2 is 1.88 bits per heavy atom. The molecule has 2 aromatic carbocycles. The molecule has 8 nitrogen and oxygen atoms in total. The highest BCUT2D eigenvalue weighted by Gasteiger charge is 2.40. The van der Waals surface area contributed by atoms with Crippen LogP contribution >= 0.6 is 11.6 Å². The molecule has 0 atom stereocenters. The summed E-state index contributed by atoms with van der Waals surface area (Å²) in [5.74, 6) is -0.832. The Morgan fingerprint density at radius 1 is 1.19 bits per heavy atom. The van der Waals surface area contributed by atoms with Crippen molar-refractivity contribution in [3.8, 4) is 11.4 Å². The van der Waals surface area contributed by atoms with E-state index in [1.807, 2.05) is 0 Å². The van der Waals surface area contributed by atoms with Crippen LogP contribution in [0.3, 0.4) is 0 Å². The molecule has 0 aliphatic heterocycles. The van der Waals surface area contributed by atoms with Crippen molar-refractivity contribution in [2.75, 3.05) is 11.9 Å². The molecule has 1 amide bonds. The van der Waals surface area contributed by atoms with Crippen molar-refractivity contribution >= 4 is 33.4 Å². The number of carbonyl (C=O) groups is 1. The Kier molecular flexibility index (Phi) is 6.77. The zero-order chi connectivity index (χ0) is 23.5. The number of amides is 1. The van der Waals surface area contributed by atoms with E-state index < -0.39 is 33.7 Å². The van der Waals surface area contributed by atoms with Crippen LogP contribution in [0, 0.1) is 0 Å². The lowest BCUT2D eigenvalue weighted by molar-refractivity contribution is -0.143. The maximum absolute atomic E-state index is 13.7. The van der Waals surface area contributed by atoms with Gasteiger partial charge in [0.05, 0.1) is 16.8 Å². The van der Waals surface area contributed by atoms with Crippen LogP contribution in [0.4, 0.5) is 23.7 Å². The summed E-state index contributed by atoms with van der Waals surface area (Å²) in [6.07, 6.45) is -5.40. The molecule has 0 saturated carbocycles. The van der Waals surface area contributed by atoms with E-state index in [2.05, 4.69) is 15.1 Å². The fraction of sp³-hybridized carbons (Fsp3) is 0.158. The number of ether oxygens (including phenoxy) is 1. The minimum atomic E-state index is -4.90. The third kappa shape index (κ3) is 5.39. The van der Waals surface area contributed by atoms with Crippen LogP contribution in [-0.4, -0.2) is 30.8 Å². The molecule has 170 valence electrons. The molecule has 2 N–H and O–H groups in total. The molecular weight excluding hydrogens is 473 g/mol. The van der Waals surface area contributed by atoms with E-state index in [0.29, 0.717) is 9.70 Å². The topological polar surface area (TPSA) is 102 Å². The van der Waals surface area contributed by atoms with E-state index in [0.717, 1.165) is 12.3 Å². The molecule has 0 aliphatic carbocycles. The number of nitrogens with one attached hydrogen (secondary N) is 2. The first-order valence-corrected chi connectivity index (χ1v) is 10.9. The monoisotopic (exact) mass is 488 g/mol. The molecule has 0 aliphatic rings. The molecule has 1 heterocycles. The lowest BCUT2D eigenvalue weighted by Crippen LogP contribution is -2.23. The second kappa shape index (κ2) is 9.18. The molecule has 0 fully saturated rings. The number of rotatable bonds is 6. The molecular formula is C19H16ClF3N4O4S. The Balaban J connectivity index is 1.85. The van der Waals surface area contributed by atoms with Crippen LogP contribution < -0.4 is 14.8 Å². The van der Waals surface area contributed by atoms with Crippen LogP contribution in [0.1, 0.15) is 12.6 Å². The molecule has 0 bridgehead atoms. The van der Waals surface area contributed by atoms with E-state index in [9.17, 15) is 26.4 Å². The van der Waals surface area contributed by atoms with Crippen LogP contribution in [0.25, 0.3) is 5.69 Å². The van der Waals surface area contributed by atoms with E-state index in [1.165, 1.54) is 42.5 Å². The highest BCUT2D eigenvalue weighted by molar-refractivity contribution is 7.89. The highest BCUT2D eigenvalue weighted by atomic mass is 35.5. The molecule has 0 radical (unpaired) electrons. The standard InChI is InChI=1S/C19H16ClF3N4O4S/c1-2-25-32(29,30)15-5-3-4-13(10-15)26-18(28)31-16-11-24-27(17(16)19(21,22)23)14-8-6-12(20)7-9-14/h3-11,25H,2H2,1H3,(H,26,28). The fourth-order valence-electron chi connectivity index (χ4n) is 2.70. The van der Waals surface area contributed by atoms with E-state index in [4.69, 9.17) is 16.3 Å². The van der Waals surface area contributed by atoms with Gasteiger partial charge in [-0.15, -0.1) is 0 Å². The van der Waals surface area contributed by atoms with Gasteiger partial charge in [-0.3, -0.25) is 5.32 Å². The van der Waals surface area contributed by atoms with Gasteiger partial charge in [-0.05, 0) is 42.5 Å². The fourth-order valence-corrected chi connectivity index (χ4v) is 3.92. The minimum Gasteiger partial charge on any atom is -0.406 e. The Morgan fingerprint density at radius 3 is 2.50 bits per heavy atom. The third-order valence-corrected chi connectivity index (χ3v) is 5.80. The number of aromatic nitrogens is 2. The van der Waals surface area contributed by atoms with Crippen molar-refractivity contribution in [1.29, 1.82) is 0 Å². The average Bonchev–Trinajstić information content (AvgIpc) is 3.12. The highest BCUT2D eigenvalue weighted by Crippen LogP contribution is 2.38. The molecule has 1 aromatic heterocycles. The number of carbonyl (C=O) groups excluding carboxylic acids is 1. The number of sulfonamides is 1. The number of nitrogens with zero attached hydrogens (tertiary/aromatic N) is 2. The maximum Gasteiger partial charge on any atom is 0.437 e. The van der Waals surface area contributed by atoms with E-state index in [1.54, 1.807) is 6.92 Å². The van der Waals surface area contributed by atoms with Crippen molar-refractivity contribution in [2.24, 2.45) is 0 Å². The van der Waals surface area contributed by atoms with Crippen LogP contribution in [0.5, 0.6) is 5.75 Å². The van der Waals surface area contributed by atoms with Crippen molar-refractivity contribution in [3.63, 3.8) is 0 Å². The van der Waals surface area contributed by atoms with E-state index >= 15 is 0 Å². The number of benzene rings is 2. The number of halogens is 4. The summed E-state index contributed by atoms with van der Waals surface area (Å²) in [7, 11) is -3.80. The quantitative estimate of drug-likeness (QED) is 0.533. The molecule has 0 unspecified atom stereocenters. The first-order valence-electron chi connectivity index (χ1n) is 9.01. The lowest BCUT2D eigenvalue weighted by Gasteiger charge is -2.13. The van der Waals surface area contributed by atoms with Gasteiger partial charge in [-0.25, -0.2) is 22.6 Å². The van der Waals surface area contributed by atoms with Gasteiger partial charge >= 0.3 is 12.3 Å². The van der Waals surface area contributed by atoms with Crippen LogP contribution in [0.15, 0.2) is 59.6 Å². The summed E-state index contributed by atoms with van der Waals surface area (Å²) < 4.78 is 72.8. The summed E-state index contributed by atoms with van der Waals surface area (Å²) in [5, 5.41) is 6.20. The molecule has 32 heavy (non-hydrogen) atoms. The van der Waals surface area contributed by atoms with Gasteiger partial charge in [0.25, 0.3) is 0 Å². The predicted molar refractivity (Wildman–Crippen MR) is 111 cm³/mol. The zero-order valence-corrected chi connectivity index (χ0v) is 17.9. The smallest absolute Gasteiger partial charge is 0.406 e. The third-order valence-electron chi connectivity index (χ3n) is 4.00. The Hall–Kier alpha value is -3.09. The first kappa shape index (κ1) is 23.6. The minimum absolute atomic E-state index is 0.00706. The number of anilines is 1. The second-order valence-electron chi connectivity index (χ2n) is 6.29. The molecule has 13 heteroatoms. The summed E-state index contributed by atoms with van der Waals surface area (Å²) in [6.45, 7) is 1.75. The van der Waals surface area contributed by atoms with Crippen molar-refractivity contribution in [2.45, 2.75) is 18.0 Å². The van der Waals surface area contributed by atoms with Gasteiger partial charge in [0.1, 0.15) is 0 Å². The average molecular weight is 489 g/mol. The largest absolute Gasteiger partial charge is 0.437 e. The number of alkyl halides is 3. The van der Waals surface area contributed by atoms with Crippen molar-refractivity contribution in [3.05, 3.63) is 65.4 Å². The molecule has 0 spiro atoms. The zero-order valence-electron chi connectivity index (χ0n) is 16.4. The SMILES string of the molecule is CCNS(=O)(=O)c1cccc(NC(=O)Oc2cnn(-c3ccc(Cl)cc3)c2C(F)(F)F)c1. The van der Waals surface area contributed by atoms with Gasteiger partial charge in [0, 0.05) is 17.3 Å². The van der Waals surface area contributed by atoms with Crippen LogP contribution in [0.2, 0.25) is 5.02 Å². The Labute approximate surface area is 186 Å². The van der Waals surface area contributed by atoms with Gasteiger partial charge in [0.2, 0.25) is 10.0 Å². The normalized spacial score (nSPS) is 11.9. The van der Waals surface area contributed by atoms with E-state index in [-0.39, 0.29) is 22.8 Å². The number of hydrogen-bond donors (Lipinski definition) is 2. The molecule has 3 rings (SSSR count). The number of hydrogen-bond acceptors (Lipinski definition) is 5. The Bertz CT molecular complexity index is 1230. The van der Waals surface area contributed by atoms with Gasteiger partial charge in [0.15, 0.2) is 11.4 Å². The van der Waals surface area contributed by atoms with Gasteiger partial charge in [-0.2, -0.15) is 18.3 Å². The van der Waals surface area contributed by atoms with Crippen LogP contribution in [-0.2, 0) is 16.2 Å². The molecule has 3 aromatic rings. The van der Waals surface area contributed by atoms with Gasteiger partial charge in [-0.1, -0.05) is 24.6 Å². The summed E-state index contributed by atoms with van der Waals surface area (Å²) in [5.41, 5.74) is -1.25. The lowest BCUT2D eigenvalue weighted by atomic mass is 10.3. The summed E-state index contributed by atoms with van der Waals surface area (Å²) in [6, 6.07) is 10.6. The van der Waals surface area contributed by atoms with Crippen molar-refractivity contribution < 1.29 is 31.1 Å². The summed E-state index contributed by atoms with van der Waals surface area (Å²) in [4.78, 5) is 12.1. The second-order valence-corrected chi connectivity index (χ2v) is 8.49. The molecule has 0 saturated heterocycles. The first-order chi connectivity index (χ1) is 15.0.